The molecule has 0 aromatic heterocycles. The molecular formula is C33H49N6O3+. The van der Waals surface area contributed by atoms with Crippen molar-refractivity contribution >= 4 is 17.6 Å². The number of nitrogens with one attached hydrogen (secondary N) is 4. The van der Waals surface area contributed by atoms with Gasteiger partial charge in [0.15, 0.2) is 0 Å². The predicted octanol–water partition coefficient (Wildman–Crippen LogP) is 1.20. The van der Waals surface area contributed by atoms with Crippen LogP contribution in [0.2, 0.25) is 0 Å². The highest BCUT2D eigenvalue weighted by Crippen LogP contribution is 2.36. The van der Waals surface area contributed by atoms with Gasteiger partial charge in [-0.15, -0.1) is 0 Å². The topological polar surface area (TPSA) is 134 Å². The van der Waals surface area contributed by atoms with Crippen molar-refractivity contribution in [3.8, 4) is 0 Å². The number of rotatable bonds is 7. The van der Waals surface area contributed by atoms with Gasteiger partial charge in [-0.25, -0.2) is 0 Å². The SMILES string of the molecule is C=C(C(=O)NC)/C(C)=C\C=C/C.C=C1NC[C@H]([NH+]=C(N)CC)C2(C)C(O)C(NC(=O)c3cccc4c3CCCC4)CN12. The molecule has 2 saturated heterocycles. The number of amidine groups is 1. The number of benzene rings is 1. The van der Waals surface area contributed by atoms with Crippen molar-refractivity contribution in [2.45, 2.75) is 83.5 Å². The fourth-order valence-electron chi connectivity index (χ4n) is 5.94. The third-order valence-electron chi connectivity index (χ3n) is 8.70. The number of aryl methyl sites for hydroxylation is 1. The van der Waals surface area contributed by atoms with Crippen molar-refractivity contribution in [3.63, 3.8) is 0 Å². The summed E-state index contributed by atoms with van der Waals surface area (Å²) in [5, 5.41) is 20.3. The fraction of sp³-hybridized carbons (Fsp3) is 0.485. The Kier molecular flexibility index (Phi) is 11.2. The second-order valence-corrected chi connectivity index (χ2v) is 11.3. The predicted molar refractivity (Wildman–Crippen MR) is 169 cm³/mol. The highest BCUT2D eigenvalue weighted by Gasteiger charge is 2.58. The minimum Gasteiger partial charge on any atom is -0.388 e. The maximum absolute atomic E-state index is 13.2. The van der Waals surface area contributed by atoms with Crippen LogP contribution in [-0.2, 0) is 17.6 Å². The molecule has 1 aromatic rings. The third-order valence-corrected chi connectivity index (χ3v) is 8.70. The Bertz CT molecular complexity index is 1280. The van der Waals surface area contributed by atoms with Gasteiger partial charge in [0.25, 0.3) is 11.8 Å². The minimum atomic E-state index is -0.762. The molecule has 7 N–H and O–H groups in total. The van der Waals surface area contributed by atoms with Crippen molar-refractivity contribution in [2.24, 2.45) is 5.73 Å². The van der Waals surface area contributed by atoms with Gasteiger partial charge in [-0.1, -0.05) is 50.4 Å². The van der Waals surface area contributed by atoms with E-state index < -0.39 is 17.7 Å². The summed E-state index contributed by atoms with van der Waals surface area (Å²) < 4.78 is 0. The van der Waals surface area contributed by atoms with E-state index in [2.05, 4.69) is 45.1 Å². The molecule has 0 radical (unpaired) electrons. The molecule has 1 aromatic carbocycles. The molecule has 1 aliphatic carbocycles. The summed E-state index contributed by atoms with van der Waals surface area (Å²) in [6.07, 6.45) is 9.85. The molecule has 4 atom stereocenters. The van der Waals surface area contributed by atoms with Gasteiger partial charge in [0.2, 0.25) is 5.84 Å². The van der Waals surface area contributed by atoms with Crippen LogP contribution in [0.4, 0.5) is 0 Å². The van der Waals surface area contributed by atoms with Crippen LogP contribution >= 0.6 is 0 Å². The van der Waals surface area contributed by atoms with Crippen molar-refractivity contribution in [2.75, 3.05) is 20.1 Å². The first-order valence-electron chi connectivity index (χ1n) is 14.9. The van der Waals surface area contributed by atoms with Crippen LogP contribution in [0.5, 0.6) is 0 Å². The number of hydrogen-bond acceptors (Lipinski definition) is 5. The molecule has 2 aliphatic heterocycles. The van der Waals surface area contributed by atoms with Crippen molar-refractivity contribution in [3.05, 3.63) is 83.2 Å². The first-order chi connectivity index (χ1) is 20.0. The van der Waals surface area contributed by atoms with Gasteiger partial charge in [0.1, 0.15) is 17.7 Å². The van der Waals surface area contributed by atoms with Gasteiger partial charge in [-0.05, 0) is 69.2 Å². The highest BCUT2D eigenvalue weighted by atomic mass is 16.3. The summed E-state index contributed by atoms with van der Waals surface area (Å²) >= 11 is 0. The number of likely N-dealkylation sites (N-methyl/N-ethyl adjacent to an activating group) is 1. The molecule has 0 spiro atoms. The Morgan fingerprint density at radius 1 is 1.31 bits per heavy atom. The molecule has 4 rings (SSSR count). The number of hydrogen-bond donors (Lipinski definition) is 6. The summed E-state index contributed by atoms with van der Waals surface area (Å²) in [6.45, 7) is 16.7. The molecule has 2 fully saturated rings. The van der Waals surface area contributed by atoms with Crippen LogP contribution in [0.25, 0.3) is 0 Å². The molecule has 42 heavy (non-hydrogen) atoms. The summed E-state index contributed by atoms with van der Waals surface area (Å²) in [7, 11) is 1.59. The molecule has 2 heterocycles. The van der Waals surface area contributed by atoms with E-state index in [0.717, 1.165) is 41.8 Å². The molecule has 228 valence electrons. The van der Waals surface area contributed by atoms with Crippen LogP contribution in [0, 0.1) is 0 Å². The highest BCUT2D eigenvalue weighted by molar-refractivity contribution is 5.97. The van der Waals surface area contributed by atoms with Gasteiger partial charge in [0, 0.05) is 31.1 Å². The minimum absolute atomic E-state index is 0.107. The van der Waals surface area contributed by atoms with Crippen molar-refractivity contribution in [1.29, 1.82) is 0 Å². The number of carbonyl (C=O) groups excluding carboxylic acids is 2. The first-order valence-corrected chi connectivity index (χ1v) is 14.9. The number of nitrogens with zero attached hydrogens (tertiary/aromatic N) is 1. The molecule has 9 heteroatoms. The Morgan fingerprint density at radius 3 is 2.69 bits per heavy atom. The lowest BCUT2D eigenvalue weighted by molar-refractivity contribution is -0.525. The van der Waals surface area contributed by atoms with Crippen LogP contribution in [0.1, 0.15) is 68.4 Å². The number of aliphatic hydroxyl groups is 1. The van der Waals surface area contributed by atoms with E-state index in [0.29, 0.717) is 30.9 Å². The summed E-state index contributed by atoms with van der Waals surface area (Å²) in [4.78, 5) is 29.7. The van der Waals surface area contributed by atoms with E-state index in [1.165, 1.54) is 12.0 Å². The molecule has 0 saturated carbocycles. The molecular weight excluding hydrogens is 528 g/mol. The van der Waals surface area contributed by atoms with Gasteiger partial charge in [-0.3, -0.25) is 20.3 Å². The van der Waals surface area contributed by atoms with Crippen LogP contribution < -0.4 is 26.7 Å². The lowest BCUT2D eigenvalue weighted by Crippen LogP contribution is -2.92. The van der Waals surface area contributed by atoms with Gasteiger partial charge >= 0.3 is 0 Å². The van der Waals surface area contributed by atoms with Crippen LogP contribution in [0.3, 0.4) is 0 Å². The lowest BCUT2D eigenvalue weighted by atomic mass is 9.84. The Labute approximate surface area is 250 Å². The molecule has 0 bridgehead atoms. The molecule has 2 amide bonds. The zero-order chi connectivity index (χ0) is 31.0. The number of aliphatic hydroxyl groups excluding tert-OH is 1. The lowest BCUT2D eigenvalue weighted by Gasteiger charge is -2.46. The third kappa shape index (κ3) is 6.95. The standard InChI is InChI=1S/C23H33N5O2.C10H15NO/c1-4-20(24)27-19-12-25-14(2)28-13-18(21(29)23(19,28)3)26-22(30)17-11-7-9-15-8-5-6-10-16(15)17;1-5-6-7-8(2)9(3)10(12)11-4/h7,9,11,18-19,21,25,29H,2,4-6,8,10,12-13H2,1,3H3,(H2,24,27)(H,26,30);5-7H,3H2,1-2,4H3,(H,11,12)/p+1/b;6-5-,8-7-/t18?,19-,21?,23?;/m0./s1. The van der Waals surface area contributed by atoms with E-state index in [1.54, 1.807) is 7.05 Å². The number of amides is 2. The maximum atomic E-state index is 13.2. The molecule has 3 unspecified atom stereocenters. The quantitative estimate of drug-likeness (QED) is 0.125. The van der Waals surface area contributed by atoms with E-state index in [4.69, 9.17) is 5.73 Å². The van der Waals surface area contributed by atoms with Crippen LogP contribution in [-0.4, -0.2) is 71.5 Å². The number of nitrogens with two attached hydrogens (primary N) is 1. The van der Waals surface area contributed by atoms with Gasteiger partial charge in [0.05, 0.1) is 18.4 Å². The van der Waals surface area contributed by atoms with E-state index in [-0.39, 0.29) is 17.9 Å². The fourth-order valence-corrected chi connectivity index (χ4v) is 5.94. The average molecular weight is 578 g/mol. The second-order valence-electron chi connectivity index (χ2n) is 11.3. The van der Waals surface area contributed by atoms with Crippen molar-refractivity contribution < 1.29 is 19.7 Å². The normalized spacial score (nSPS) is 25.5. The largest absolute Gasteiger partial charge is 0.388 e. The second kappa shape index (κ2) is 14.4. The number of fused-ring (bicyclic) bond motifs is 2. The summed E-state index contributed by atoms with van der Waals surface area (Å²) in [5.41, 5.74) is 10.0. The number of carbonyl (C=O) groups is 2. The first kappa shape index (κ1) is 32.7. The Morgan fingerprint density at radius 2 is 2.02 bits per heavy atom. The van der Waals surface area contributed by atoms with Crippen LogP contribution in [0.15, 0.2) is 66.6 Å². The summed E-state index contributed by atoms with van der Waals surface area (Å²) in [5.74, 6) is 1.21. The zero-order valence-electron chi connectivity index (χ0n) is 25.8. The Balaban J connectivity index is 0.000000343. The number of allylic oxidation sites excluding steroid dienone is 3. The molecule has 9 nitrogen and oxygen atoms in total. The summed E-state index contributed by atoms with van der Waals surface area (Å²) in [6, 6.07) is 5.48. The molecule has 3 aliphatic rings. The zero-order valence-corrected chi connectivity index (χ0v) is 25.8. The van der Waals surface area contributed by atoms with Gasteiger partial charge < -0.3 is 26.0 Å². The monoisotopic (exact) mass is 577 g/mol. The Hall–Kier alpha value is -3.85. The van der Waals surface area contributed by atoms with Crippen molar-refractivity contribution in [1.82, 2.24) is 20.9 Å². The van der Waals surface area contributed by atoms with E-state index >= 15 is 0 Å². The van der Waals surface area contributed by atoms with Gasteiger partial charge in [-0.2, -0.15) is 0 Å². The smallest absolute Gasteiger partial charge is 0.251 e. The maximum Gasteiger partial charge on any atom is 0.251 e. The van der Waals surface area contributed by atoms with E-state index in [9.17, 15) is 14.7 Å². The van der Waals surface area contributed by atoms with E-state index in [1.807, 2.05) is 58.1 Å². The average Bonchev–Trinajstić information content (AvgIpc) is 3.27.